The van der Waals surface area contributed by atoms with E-state index in [9.17, 15) is 25.4 Å². The summed E-state index contributed by atoms with van der Waals surface area (Å²) in [6.45, 7) is 7.88. The van der Waals surface area contributed by atoms with Crippen molar-refractivity contribution in [3.63, 3.8) is 0 Å². The van der Waals surface area contributed by atoms with Crippen LogP contribution in [0.25, 0.3) is 11.1 Å². The van der Waals surface area contributed by atoms with E-state index in [0.29, 0.717) is 33.2 Å². The van der Waals surface area contributed by atoms with Crippen LogP contribution in [0.15, 0.2) is 67.0 Å². The van der Waals surface area contributed by atoms with Crippen molar-refractivity contribution >= 4 is 17.6 Å². The lowest BCUT2D eigenvalue weighted by Gasteiger charge is -2.23. The molecule has 3 aromatic carbocycles. The van der Waals surface area contributed by atoms with Gasteiger partial charge in [-0.25, -0.2) is 0 Å². The minimum Gasteiger partial charge on any atom is -0.488 e. The number of nitrogens with zero attached hydrogens (tertiary/aromatic N) is 4. The molecular formula is C42H47ClN4O6. The number of pyridine rings is 1. The number of unbranched alkanes of at least 4 members (excludes halogenated alkanes) is 1. The van der Waals surface area contributed by atoms with E-state index in [4.69, 9.17) is 21.1 Å². The van der Waals surface area contributed by atoms with Crippen molar-refractivity contribution in [2.24, 2.45) is 0 Å². The molecule has 11 heteroatoms. The molecule has 2 fully saturated rings. The molecule has 0 radical (unpaired) electrons. The second-order valence-electron chi connectivity index (χ2n) is 14.2. The Morgan fingerprint density at radius 2 is 1.66 bits per heavy atom. The molecular weight excluding hydrogens is 692 g/mol. The highest BCUT2D eigenvalue weighted by atomic mass is 35.5. The van der Waals surface area contributed by atoms with Crippen LogP contribution in [0.3, 0.4) is 0 Å². The average Bonchev–Trinajstić information content (AvgIpc) is 3.74. The molecule has 6 rings (SSSR count). The average molecular weight is 739 g/mol. The topological polar surface area (TPSA) is 139 Å². The number of rotatable bonds is 15. The van der Waals surface area contributed by atoms with Crippen LogP contribution in [0, 0.1) is 25.2 Å². The van der Waals surface area contributed by atoms with E-state index in [1.165, 1.54) is 22.9 Å². The number of benzene rings is 3. The summed E-state index contributed by atoms with van der Waals surface area (Å²) in [6, 6.07) is 19.2. The molecule has 4 aromatic rings. The minimum atomic E-state index is -0.996. The zero-order chi connectivity index (χ0) is 37.5. The van der Waals surface area contributed by atoms with Crippen molar-refractivity contribution in [2.75, 3.05) is 26.2 Å². The molecule has 1 unspecified atom stereocenters. The van der Waals surface area contributed by atoms with E-state index in [2.05, 4.69) is 54.1 Å². The number of hydrogen-bond donors (Lipinski definition) is 3. The van der Waals surface area contributed by atoms with Crippen LogP contribution in [0.2, 0.25) is 5.02 Å². The summed E-state index contributed by atoms with van der Waals surface area (Å²) in [4.78, 5) is 20.1. The Labute approximate surface area is 316 Å². The Balaban J connectivity index is 1.18. The van der Waals surface area contributed by atoms with Crippen molar-refractivity contribution in [3.05, 3.63) is 111 Å². The van der Waals surface area contributed by atoms with Gasteiger partial charge in [0, 0.05) is 62.2 Å². The maximum Gasteiger partial charge on any atom is 0.321 e. The van der Waals surface area contributed by atoms with Gasteiger partial charge in [0.2, 0.25) is 0 Å². The van der Waals surface area contributed by atoms with E-state index >= 15 is 0 Å². The fourth-order valence-corrected chi connectivity index (χ4v) is 7.70. The number of aliphatic hydroxyl groups excluding tert-OH is 2. The van der Waals surface area contributed by atoms with Crippen LogP contribution in [-0.4, -0.2) is 80.5 Å². The molecule has 0 saturated carbocycles. The number of carboxylic acid groups (broad SMARTS) is 1. The van der Waals surface area contributed by atoms with Gasteiger partial charge in [-0.3, -0.25) is 14.7 Å². The number of carbonyl (C=O) groups is 1. The number of aliphatic hydroxyl groups is 2. The summed E-state index contributed by atoms with van der Waals surface area (Å²) in [5, 5.41) is 39.5. The van der Waals surface area contributed by atoms with E-state index in [1.807, 2.05) is 12.1 Å². The summed E-state index contributed by atoms with van der Waals surface area (Å²) in [5.41, 5.74) is 8.85. The first-order valence-corrected chi connectivity index (χ1v) is 18.6. The second kappa shape index (κ2) is 17.5. The molecule has 0 amide bonds. The molecule has 278 valence electrons. The lowest BCUT2D eigenvalue weighted by atomic mass is 9.90. The first kappa shape index (κ1) is 38.2. The molecule has 3 atom stereocenters. The van der Waals surface area contributed by atoms with Crippen LogP contribution in [0.5, 0.6) is 11.5 Å². The van der Waals surface area contributed by atoms with Crippen molar-refractivity contribution in [2.45, 2.75) is 84.0 Å². The zero-order valence-corrected chi connectivity index (χ0v) is 31.1. The summed E-state index contributed by atoms with van der Waals surface area (Å²) in [7, 11) is 0. The Kier molecular flexibility index (Phi) is 12.7. The van der Waals surface area contributed by atoms with Gasteiger partial charge < -0.3 is 29.7 Å². The van der Waals surface area contributed by atoms with Crippen molar-refractivity contribution in [1.29, 1.82) is 5.26 Å². The second-order valence-corrected chi connectivity index (χ2v) is 14.6. The fourth-order valence-electron chi connectivity index (χ4n) is 7.46. The number of β-amino-alcohol motifs (C(OH)–C–C–N with tert-alkyl or cyclic N) is 2. The number of aryl methyl sites for hydroxylation is 1. The third-order valence-electron chi connectivity index (χ3n) is 10.5. The van der Waals surface area contributed by atoms with Gasteiger partial charge in [0.1, 0.15) is 36.8 Å². The van der Waals surface area contributed by atoms with Gasteiger partial charge in [-0.05, 0) is 91.6 Å². The van der Waals surface area contributed by atoms with Gasteiger partial charge >= 0.3 is 5.97 Å². The summed E-state index contributed by atoms with van der Waals surface area (Å²) in [5.74, 6) is -0.130. The molecule has 3 heterocycles. The van der Waals surface area contributed by atoms with E-state index in [0.717, 1.165) is 62.0 Å². The minimum absolute atomic E-state index is 0.115. The lowest BCUT2D eigenvalue weighted by Crippen LogP contribution is -2.35. The van der Waals surface area contributed by atoms with Gasteiger partial charge in [-0.1, -0.05) is 48.0 Å². The number of halogens is 1. The standard InChI is InChI=1S/C42H47ClN4O6/c1-27-31(7-3-4-13-46-14-12-34(48)23-46)8-5-10-36(27)37-11-6-9-32(28(37)2)26-53-41-18-40(52-25-30-15-29(19-44)20-45-21-30)33(16-38(41)43)22-47-24-35(49)17-39(47)42(50)51/h5-6,8-11,15-16,18,20-21,34-35,39,48-49H,3-4,7,12-14,17,22-26H2,1-2H3,(H,50,51)/t34?,35-,39-/m0/s1. The highest BCUT2D eigenvalue weighted by Gasteiger charge is 2.36. The fraction of sp³-hybridized carbons (Fsp3) is 0.405. The molecule has 10 nitrogen and oxygen atoms in total. The molecule has 2 aliphatic rings. The monoisotopic (exact) mass is 738 g/mol. The number of nitriles is 1. The molecule has 0 spiro atoms. The highest BCUT2D eigenvalue weighted by Crippen LogP contribution is 2.37. The number of hydrogen-bond acceptors (Lipinski definition) is 9. The van der Waals surface area contributed by atoms with Gasteiger partial charge in [0.25, 0.3) is 0 Å². The number of likely N-dealkylation sites (tertiary alicyclic amines) is 2. The quantitative estimate of drug-likeness (QED) is 0.117. The zero-order valence-electron chi connectivity index (χ0n) is 30.3. The van der Waals surface area contributed by atoms with Gasteiger partial charge in [0.05, 0.1) is 22.8 Å². The molecule has 53 heavy (non-hydrogen) atoms. The highest BCUT2D eigenvalue weighted by molar-refractivity contribution is 6.32. The predicted octanol–water partition coefficient (Wildman–Crippen LogP) is 6.46. The maximum absolute atomic E-state index is 12.0. The van der Waals surface area contributed by atoms with Crippen molar-refractivity contribution in [1.82, 2.24) is 14.8 Å². The van der Waals surface area contributed by atoms with E-state index in [-0.39, 0.29) is 38.8 Å². The van der Waals surface area contributed by atoms with E-state index < -0.39 is 18.1 Å². The predicted molar refractivity (Wildman–Crippen MR) is 203 cm³/mol. The Hall–Kier alpha value is -4.50. The first-order valence-electron chi connectivity index (χ1n) is 18.2. The number of ether oxygens (including phenoxy) is 2. The number of aliphatic carboxylic acids is 1. The Morgan fingerprint density at radius 1 is 0.925 bits per heavy atom. The Bertz CT molecular complexity index is 1960. The van der Waals surface area contributed by atoms with Crippen LogP contribution in [0.1, 0.15) is 64.6 Å². The van der Waals surface area contributed by atoms with Gasteiger partial charge in [-0.15, -0.1) is 0 Å². The first-order chi connectivity index (χ1) is 25.6. The summed E-state index contributed by atoms with van der Waals surface area (Å²) < 4.78 is 12.6. The lowest BCUT2D eigenvalue weighted by molar-refractivity contribution is -0.142. The Morgan fingerprint density at radius 3 is 2.38 bits per heavy atom. The van der Waals surface area contributed by atoms with Crippen molar-refractivity contribution < 1.29 is 29.6 Å². The van der Waals surface area contributed by atoms with Gasteiger partial charge in [-0.2, -0.15) is 5.26 Å². The van der Waals surface area contributed by atoms with Crippen LogP contribution >= 0.6 is 11.6 Å². The van der Waals surface area contributed by atoms with Crippen LogP contribution in [-0.2, 0) is 31.0 Å². The smallest absolute Gasteiger partial charge is 0.321 e. The van der Waals surface area contributed by atoms with Crippen molar-refractivity contribution in [3.8, 4) is 28.7 Å². The molecule has 2 aliphatic heterocycles. The third kappa shape index (κ3) is 9.55. The van der Waals surface area contributed by atoms with Crippen LogP contribution in [0.4, 0.5) is 0 Å². The third-order valence-corrected chi connectivity index (χ3v) is 10.8. The van der Waals surface area contributed by atoms with Gasteiger partial charge in [0.15, 0.2) is 0 Å². The maximum atomic E-state index is 12.0. The SMILES string of the molecule is Cc1c(CCCCN2CCC(O)C2)cccc1-c1cccc(COc2cc(OCc3cncc(C#N)c3)c(CN3C[C@@H](O)C[C@H]3C(=O)O)cc2Cl)c1C. The molecule has 2 saturated heterocycles. The summed E-state index contributed by atoms with van der Waals surface area (Å²) in [6.07, 6.45) is 6.40. The number of carboxylic acids is 1. The largest absolute Gasteiger partial charge is 0.488 e. The number of aromatic nitrogens is 1. The normalized spacial score (nSPS) is 19.0. The molecule has 1 aromatic heterocycles. The van der Waals surface area contributed by atoms with E-state index in [1.54, 1.807) is 29.3 Å². The molecule has 3 N–H and O–H groups in total. The molecule has 0 aliphatic carbocycles. The summed E-state index contributed by atoms with van der Waals surface area (Å²) >= 11 is 6.81. The van der Waals surface area contributed by atoms with Crippen LogP contribution < -0.4 is 9.47 Å². The molecule has 0 bridgehead atoms.